The summed E-state index contributed by atoms with van der Waals surface area (Å²) in [6.45, 7) is 1.46. The molecule has 3 aromatic rings. The molecule has 3 N–H and O–H groups in total. The van der Waals surface area contributed by atoms with Crippen LogP contribution in [0.4, 0.5) is 5.82 Å². The lowest BCUT2D eigenvalue weighted by Gasteiger charge is -2.20. The fraction of sp³-hybridized carbons (Fsp3) is 0.292. The molecule has 0 saturated carbocycles. The van der Waals surface area contributed by atoms with E-state index in [9.17, 15) is 9.59 Å². The Morgan fingerprint density at radius 2 is 1.94 bits per heavy atom. The number of nitrogens with zero attached hydrogens (tertiary/aromatic N) is 5. The summed E-state index contributed by atoms with van der Waals surface area (Å²) in [4.78, 5) is 43.4. The first-order valence-electron chi connectivity index (χ1n) is 11.0. The van der Waals surface area contributed by atoms with Gasteiger partial charge in [0.2, 0.25) is 0 Å². The second-order valence-electron chi connectivity index (χ2n) is 8.45. The lowest BCUT2D eigenvalue weighted by atomic mass is 10.0. The maximum atomic E-state index is 13.4. The lowest BCUT2D eigenvalue weighted by Crippen LogP contribution is -2.31. The highest BCUT2D eigenvalue weighted by Crippen LogP contribution is 2.36. The zero-order valence-corrected chi connectivity index (χ0v) is 21.7. The van der Waals surface area contributed by atoms with Gasteiger partial charge in [-0.3, -0.25) is 4.79 Å². The maximum absolute atomic E-state index is 13.4. The number of hydrogen-bond donors (Lipinski definition) is 2. The summed E-state index contributed by atoms with van der Waals surface area (Å²) in [5.74, 6) is 2.40. The van der Waals surface area contributed by atoms with Gasteiger partial charge in [0, 0.05) is 25.7 Å². The summed E-state index contributed by atoms with van der Waals surface area (Å²) in [5, 5.41) is 4.26. The highest BCUT2D eigenvalue weighted by atomic mass is 35.5. The summed E-state index contributed by atoms with van der Waals surface area (Å²) in [6, 6.07) is 6.49. The van der Waals surface area contributed by atoms with Crippen LogP contribution in [-0.2, 0) is 4.79 Å². The van der Waals surface area contributed by atoms with Gasteiger partial charge in [-0.05, 0) is 38.4 Å². The van der Waals surface area contributed by atoms with Crippen molar-refractivity contribution in [2.24, 2.45) is 0 Å². The number of benzene rings is 1. The molecule has 12 heteroatoms. The minimum Gasteiger partial charge on any atom is -0.412 e. The van der Waals surface area contributed by atoms with Gasteiger partial charge in [-0.1, -0.05) is 29.3 Å². The first-order chi connectivity index (χ1) is 17.2. The van der Waals surface area contributed by atoms with Crippen molar-refractivity contribution in [3.63, 3.8) is 0 Å². The highest BCUT2D eigenvalue weighted by Gasteiger charge is 2.32. The van der Waals surface area contributed by atoms with Crippen LogP contribution in [0.1, 0.15) is 11.7 Å². The molecular weight excluding hydrogens is 505 g/mol. The first kappa shape index (κ1) is 25.5. The van der Waals surface area contributed by atoms with Crippen LogP contribution in [0.3, 0.4) is 0 Å². The molecule has 4 rings (SSSR count). The molecule has 0 radical (unpaired) electrons. The number of hydrogen-bond acceptors (Lipinski definition) is 9. The molecule has 0 bridgehead atoms. The van der Waals surface area contributed by atoms with Gasteiger partial charge in [0.25, 0.3) is 5.56 Å². The Hall–Kier alpha value is -3.56. The van der Waals surface area contributed by atoms with E-state index in [0.717, 1.165) is 17.1 Å². The number of nitrogens with two attached hydrogens (primary N) is 1. The molecule has 1 atom stereocenters. The number of nitrogens with one attached hydrogen (secondary N) is 1. The summed E-state index contributed by atoms with van der Waals surface area (Å²) < 4.78 is 1.01. The van der Waals surface area contributed by atoms with E-state index < -0.39 is 11.5 Å². The van der Waals surface area contributed by atoms with E-state index in [1.54, 1.807) is 36.2 Å². The van der Waals surface area contributed by atoms with E-state index >= 15 is 0 Å². The number of nitrogen functional groups attached to an aromatic ring is 1. The number of pyridine rings is 1. The number of allylic oxidation sites excluding steroid dienone is 1. The number of aromatic nitrogens is 3. The van der Waals surface area contributed by atoms with Gasteiger partial charge in [-0.25, -0.2) is 14.8 Å². The van der Waals surface area contributed by atoms with E-state index in [0.29, 0.717) is 33.2 Å². The number of halogens is 2. The lowest BCUT2D eigenvalue weighted by molar-refractivity contribution is 0.168. The van der Waals surface area contributed by atoms with E-state index in [1.165, 1.54) is 7.11 Å². The van der Waals surface area contributed by atoms with Gasteiger partial charge in [0.05, 0.1) is 26.9 Å². The zero-order chi connectivity index (χ0) is 26.1. The van der Waals surface area contributed by atoms with Crippen molar-refractivity contribution in [1.29, 1.82) is 0 Å². The Kier molecular flexibility index (Phi) is 7.23. The normalized spacial score (nSPS) is 15.4. The SMILES string of the molecule is COn1c(=O)c(-c2c(Cl)cccc2Cl)cc2c(N)nc(C3C=C(NCCN(C)C)N(C)C3=C=O)nc21. The van der Waals surface area contributed by atoms with Gasteiger partial charge in [0.1, 0.15) is 36.2 Å². The van der Waals surface area contributed by atoms with Crippen LogP contribution in [0, 0.1) is 0 Å². The largest absolute Gasteiger partial charge is 0.412 e. The number of rotatable bonds is 7. The number of anilines is 1. The topological polar surface area (TPSA) is 119 Å². The highest BCUT2D eigenvalue weighted by molar-refractivity contribution is 6.39. The quantitative estimate of drug-likeness (QED) is 0.443. The molecule has 0 fully saturated rings. The fourth-order valence-corrected chi connectivity index (χ4v) is 4.64. The fourth-order valence-electron chi connectivity index (χ4n) is 4.04. The molecule has 1 aromatic carbocycles. The van der Waals surface area contributed by atoms with Gasteiger partial charge < -0.3 is 25.7 Å². The number of likely N-dealkylation sites (N-methyl/N-ethyl adjacent to an activating group) is 2. The third kappa shape index (κ3) is 4.52. The molecule has 0 amide bonds. The molecule has 1 aliphatic heterocycles. The van der Waals surface area contributed by atoms with Crippen molar-refractivity contribution < 1.29 is 9.63 Å². The number of fused-ring (bicyclic) bond motifs is 1. The maximum Gasteiger partial charge on any atom is 0.293 e. The average Bonchev–Trinajstić information content (AvgIpc) is 3.14. The van der Waals surface area contributed by atoms with Crippen molar-refractivity contribution in [1.82, 2.24) is 29.8 Å². The Labute approximate surface area is 217 Å². The van der Waals surface area contributed by atoms with Crippen LogP contribution < -0.4 is 21.4 Å². The Balaban J connectivity index is 1.86. The third-order valence-corrected chi connectivity index (χ3v) is 6.50. The van der Waals surface area contributed by atoms with Crippen LogP contribution >= 0.6 is 23.2 Å². The monoisotopic (exact) mass is 529 g/mol. The summed E-state index contributed by atoms with van der Waals surface area (Å²) in [7, 11) is 7.04. The molecule has 3 heterocycles. The molecule has 2 aromatic heterocycles. The van der Waals surface area contributed by atoms with Crippen LogP contribution in [0.15, 0.2) is 46.7 Å². The predicted octanol–water partition coefficient (Wildman–Crippen LogP) is 2.14. The Morgan fingerprint density at radius 3 is 2.56 bits per heavy atom. The van der Waals surface area contributed by atoms with E-state index in [-0.39, 0.29) is 22.9 Å². The number of carbonyl (C=O) groups excluding carboxylic acids is 1. The molecule has 10 nitrogen and oxygen atoms in total. The molecule has 188 valence electrons. The minimum atomic E-state index is -0.626. The summed E-state index contributed by atoms with van der Waals surface area (Å²) >= 11 is 12.7. The van der Waals surface area contributed by atoms with E-state index in [2.05, 4.69) is 15.3 Å². The van der Waals surface area contributed by atoms with Crippen molar-refractivity contribution in [2.45, 2.75) is 5.92 Å². The first-order valence-corrected chi connectivity index (χ1v) is 11.7. The van der Waals surface area contributed by atoms with Gasteiger partial charge in [0.15, 0.2) is 5.65 Å². The molecule has 36 heavy (non-hydrogen) atoms. The zero-order valence-electron chi connectivity index (χ0n) is 20.2. The molecule has 0 saturated heterocycles. The van der Waals surface area contributed by atoms with Gasteiger partial charge >= 0.3 is 0 Å². The standard InChI is InChI=1S/C24H25Cl2N7O3/c1-31(2)9-8-28-19-11-13(18(12-34)32(19)3)22-29-21(27)15-10-14(20-16(25)6-5-7-17(20)26)24(35)33(36-4)23(15)30-22/h5-7,10-11,13,28H,8-9H2,1-4H3,(H2,27,29,30). The van der Waals surface area contributed by atoms with Crippen molar-refractivity contribution >= 4 is 46.0 Å². The van der Waals surface area contributed by atoms with E-state index in [4.69, 9.17) is 33.8 Å². The Bertz CT molecular complexity index is 1460. The molecule has 0 spiro atoms. The van der Waals surface area contributed by atoms with Crippen LogP contribution in [0.2, 0.25) is 10.0 Å². The van der Waals surface area contributed by atoms with Gasteiger partial charge in [-0.2, -0.15) is 0 Å². The van der Waals surface area contributed by atoms with Crippen molar-refractivity contribution in [2.75, 3.05) is 47.1 Å². The second kappa shape index (κ2) is 10.2. The third-order valence-electron chi connectivity index (χ3n) is 5.87. The molecule has 1 aliphatic rings. The second-order valence-corrected chi connectivity index (χ2v) is 9.26. The Morgan fingerprint density at radius 1 is 1.25 bits per heavy atom. The van der Waals surface area contributed by atoms with Crippen LogP contribution in [0.5, 0.6) is 0 Å². The van der Waals surface area contributed by atoms with Crippen LogP contribution in [-0.4, -0.2) is 71.8 Å². The molecule has 0 aliphatic carbocycles. The average molecular weight is 530 g/mol. The summed E-state index contributed by atoms with van der Waals surface area (Å²) in [6.07, 6.45) is 1.82. The summed E-state index contributed by atoms with van der Waals surface area (Å²) in [5.41, 5.74) is 6.80. The van der Waals surface area contributed by atoms with E-state index in [1.807, 2.05) is 31.0 Å². The molecule has 1 unspecified atom stereocenters. The minimum absolute atomic E-state index is 0.0977. The van der Waals surface area contributed by atoms with Gasteiger partial charge in [-0.15, -0.1) is 4.73 Å². The van der Waals surface area contributed by atoms with Crippen molar-refractivity contribution in [3.05, 3.63) is 68.1 Å². The van der Waals surface area contributed by atoms with Crippen LogP contribution in [0.25, 0.3) is 22.2 Å². The smallest absolute Gasteiger partial charge is 0.293 e. The molecular formula is C24H25Cl2N7O3. The predicted molar refractivity (Wildman–Crippen MR) is 141 cm³/mol. The van der Waals surface area contributed by atoms with Crippen molar-refractivity contribution in [3.8, 4) is 11.1 Å².